The van der Waals surface area contributed by atoms with E-state index in [4.69, 9.17) is 4.42 Å². The summed E-state index contributed by atoms with van der Waals surface area (Å²) in [7, 11) is 2.02. The number of carbonyl (C=O) groups is 2. The molecule has 0 bridgehead atoms. The molecule has 31 heavy (non-hydrogen) atoms. The van der Waals surface area contributed by atoms with Crippen molar-refractivity contribution in [2.75, 3.05) is 7.05 Å². The van der Waals surface area contributed by atoms with Crippen LogP contribution in [0.1, 0.15) is 43.2 Å². The minimum atomic E-state index is -0.477. The van der Waals surface area contributed by atoms with Gasteiger partial charge in [0.1, 0.15) is 11.5 Å². The van der Waals surface area contributed by atoms with Gasteiger partial charge in [-0.3, -0.25) is 14.5 Å². The molecule has 0 saturated carbocycles. The molecule has 154 valence electrons. The zero-order chi connectivity index (χ0) is 21.7. The molecule has 4 nitrogen and oxygen atoms in total. The van der Waals surface area contributed by atoms with E-state index < -0.39 is 11.6 Å². The lowest BCUT2D eigenvalue weighted by molar-refractivity contribution is 0.0815. The van der Waals surface area contributed by atoms with E-state index in [1.54, 1.807) is 0 Å². The molecule has 0 fully saturated rings. The van der Waals surface area contributed by atoms with Crippen LogP contribution < -0.4 is 0 Å². The topological polar surface area (TPSA) is 50.5 Å². The average Bonchev–Trinajstić information content (AvgIpc) is 3.08. The number of hydrogen-bond donors (Lipinski definition) is 0. The monoisotopic (exact) mass is 409 g/mol. The van der Waals surface area contributed by atoms with Gasteiger partial charge in [-0.2, -0.15) is 0 Å². The van der Waals surface area contributed by atoms with Crippen LogP contribution in [0, 0.1) is 13.8 Å². The van der Waals surface area contributed by atoms with E-state index in [-0.39, 0.29) is 0 Å². The van der Waals surface area contributed by atoms with Gasteiger partial charge in [-0.05, 0) is 48.9 Å². The fraction of sp³-hybridized carbons (Fsp3) is 0.185. The van der Waals surface area contributed by atoms with Crippen LogP contribution in [0.2, 0.25) is 0 Å². The molecule has 1 aliphatic rings. The first-order valence-corrected chi connectivity index (χ1v) is 10.4. The molecule has 0 unspecified atom stereocenters. The summed E-state index contributed by atoms with van der Waals surface area (Å²) < 4.78 is 6.25. The third-order valence-electron chi connectivity index (χ3n) is 6.14. The molecule has 0 saturated heterocycles. The van der Waals surface area contributed by atoms with E-state index >= 15 is 0 Å². The molecule has 5 rings (SSSR count). The Kier molecular flexibility index (Phi) is 4.60. The molecule has 4 heteroatoms. The predicted molar refractivity (Wildman–Crippen MR) is 121 cm³/mol. The number of benzene rings is 3. The number of ketones is 2. The maximum atomic E-state index is 13.1. The summed E-state index contributed by atoms with van der Waals surface area (Å²) in [6.45, 7) is 5.19. The summed E-state index contributed by atoms with van der Waals surface area (Å²) in [6.07, 6.45) is 0. The number of aryl methyl sites for hydroxylation is 1. The van der Waals surface area contributed by atoms with E-state index in [1.807, 2.05) is 69.4 Å². The predicted octanol–water partition coefficient (Wildman–Crippen LogP) is 5.73. The van der Waals surface area contributed by atoms with Crippen molar-refractivity contribution in [1.82, 2.24) is 4.90 Å². The SMILES string of the molecule is Cc1c(CN(C)Cc2ccccc2)oc2c1C(=O)C(=O)c1c-2ccc2c(C)cccc12. The zero-order valence-corrected chi connectivity index (χ0v) is 17.9. The smallest absolute Gasteiger partial charge is 0.237 e. The summed E-state index contributed by atoms with van der Waals surface area (Å²) >= 11 is 0. The van der Waals surface area contributed by atoms with Crippen molar-refractivity contribution in [3.63, 3.8) is 0 Å². The van der Waals surface area contributed by atoms with Gasteiger partial charge in [-0.25, -0.2) is 0 Å². The van der Waals surface area contributed by atoms with Crippen LogP contribution in [-0.4, -0.2) is 23.5 Å². The summed E-state index contributed by atoms with van der Waals surface area (Å²) in [5, 5.41) is 1.79. The van der Waals surface area contributed by atoms with Crippen molar-refractivity contribution in [1.29, 1.82) is 0 Å². The summed E-state index contributed by atoms with van der Waals surface area (Å²) in [5.74, 6) is 0.312. The van der Waals surface area contributed by atoms with Crippen LogP contribution in [0.15, 0.2) is 65.1 Å². The molecular formula is C27H23NO3. The van der Waals surface area contributed by atoms with Gasteiger partial charge in [0.05, 0.1) is 12.1 Å². The quantitative estimate of drug-likeness (QED) is 0.404. The van der Waals surface area contributed by atoms with E-state index in [1.165, 1.54) is 5.56 Å². The minimum Gasteiger partial charge on any atom is -0.459 e. The van der Waals surface area contributed by atoms with Crippen LogP contribution in [0.3, 0.4) is 0 Å². The van der Waals surface area contributed by atoms with Crippen molar-refractivity contribution < 1.29 is 14.0 Å². The highest BCUT2D eigenvalue weighted by molar-refractivity contribution is 6.54. The van der Waals surface area contributed by atoms with E-state index in [9.17, 15) is 9.59 Å². The average molecular weight is 409 g/mol. The summed E-state index contributed by atoms with van der Waals surface area (Å²) in [6, 6.07) is 20.0. The van der Waals surface area contributed by atoms with Gasteiger partial charge in [-0.15, -0.1) is 0 Å². The highest BCUT2D eigenvalue weighted by atomic mass is 16.3. The number of furan rings is 1. The molecule has 0 amide bonds. The second-order valence-electron chi connectivity index (χ2n) is 8.33. The Labute approximate surface area is 181 Å². The highest BCUT2D eigenvalue weighted by Gasteiger charge is 2.37. The fourth-order valence-corrected chi connectivity index (χ4v) is 4.55. The van der Waals surface area contributed by atoms with E-state index in [2.05, 4.69) is 17.0 Å². The Morgan fingerprint density at radius 1 is 0.774 bits per heavy atom. The highest BCUT2D eigenvalue weighted by Crippen LogP contribution is 2.41. The molecule has 0 atom stereocenters. The molecule has 1 aromatic heterocycles. The number of Topliss-reactive ketones (excluding diaryl/α,β-unsaturated/α-hetero) is 2. The van der Waals surface area contributed by atoms with Gasteiger partial charge < -0.3 is 4.42 Å². The lowest BCUT2D eigenvalue weighted by Gasteiger charge is -2.16. The normalized spacial score (nSPS) is 13.0. The number of rotatable bonds is 4. The van der Waals surface area contributed by atoms with Crippen LogP contribution in [0.5, 0.6) is 0 Å². The van der Waals surface area contributed by atoms with Crippen molar-refractivity contribution in [2.24, 2.45) is 0 Å². The van der Waals surface area contributed by atoms with Gasteiger partial charge in [0.15, 0.2) is 0 Å². The Balaban J connectivity index is 1.58. The summed E-state index contributed by atoms with van der Waals surface area (Å²) in [5.41, 5.74) is 4.60. The van der Waals surface area contributed by atoms with Crippen molar-refractivity contribution >= 4 is 22.3 Å². The standard InChI is InChI=1S/C27H23NO3/c1-16-8-7-11-20-19(16)12-13-21-24(20)26(30)25(29)23-17(2)22(31-27(21)23)15-28(3)14-18-9-5-4-6-10-18/h4-13H,14-15H2,1-3H3. The van der Waals surface area contributed by atoms with Crippen LogP contribution in [0.4, 0.5) is 0 Å². The minimum absolute atomic E-state index is 0.410. The van der Waals surface area contributed by atoms with Gasteiger partial charge in [0, 0.05) is 23.2 Å². The number of carbonyl (C=O) groups excluding carboxylic acids is 2. The molecule has 0 aliphatic heterocycles. The summed E-state index contributed by atoms with van der Waals surface area (Å²) in [4.78, 5) is 28.4. The largest absolute Gasteiger partial charge is 0.459 e. The Hall–Kier alpha value is -3.50. The molecule has 3 aromatic carbocycles. The van der Waals surface area contributed by atoms with Crippen molar-refractivity contribution in [2.45, 2.75) is 26.9 Å². The van der Waals surface area contributed by atoms with E-state index in [0.29, 0.717) is 29.0 Å². The first-order chi connectivity index (χ1) is 15.0. The third kappa shape index (κ3) is 3.11. The van der Waals surface area contributed by atoms with Crippen molar-refractivity contribution in [3.05, 3.63) is 94.2 Å². The van der Waals surface area contributed by atoms with Gasteiger partial charge in [0.2, 0.25) is 11.6 Å². The second kappa shape index (κ2) is 7.33. The Morgan fingerprint density at radius 3 is 2.29 bits per heavy atom. The first kappa shape index (κ1) is 19.5. The van der Waals surface area contributed by atoms with Crippen LogP contribution in [0.25, 0.3) is 22.1 Å². The molecule has 0 N–H and O–H groups in total. The molecular weight excluding hydrogens is 386 g/mol. The molecule has 4 aromatic rings. The zero-order valence-electron chi connectivity index (χ0n) is 17.9. The third-order valence-corrected chi connectivity index (χ3v) is 6.14. The maximum absolute atomic E-state index is 13.1. The molecule has 0 spiro atoms. The van der Waals surface area contributed by atoms with Gasteiger partial charge in [-0.1, -0.05) is 54.6 Å². The maximum Gasteiger partial charge on any atom is 0.237 e. The second-order valence-corrected chi connectivity index (χ2v) is 8.33. The number of fused-ring (bicyclic) bond motifs is 5. The van der Waals surface area contributed by atoms with Gasteiger partial charge >= 0.3 is 0 Å². The lowest BCUT2D eigenvalue weighted by atomic mass is 9.83. The number of hydrogen-bond acceptors (Lipinski definition) is 4. The van der Waals surface area contributed by atoms with Crippen LogP contribution >= 0.6 is 0 Å². The number of nitrogens with zero attached hydrogens (tertiary/aromatic N) is 1. The van der Waals surface area contributed by atoms with Crippen molar-refractivity contribution in [3.8, 4) is 11.3 Å². The first-order valence-electron chi connectivity index (χ1n) is 10.4. The molecule has 1 heterocycles. The Bertz CT molecular complexity index is 1350. The molecule has 0 radical (unpaired) electrons. The Morgan fingerprint density at radius 2 is 1.52 bits per heavy atom. The fourth-order valence-electron chi connectivity index (χ4n) is 4.55. The van der Waals surface area contributed by atoms with E-state index in [0.717, 1.165) is 34.2 Å². The molecule has 1 aliphatic carbocycles. The van der Waals surface area contributed by atoms with Gasteiger partial charge in [0.25, 0.3) is 0 Å². The lowest BCUT2D eigenvalue weighted by Crippen LogP contribution is -2.21. The van der Waals surface area contributed by atoms with Crippen LogP contribution in [-0.2, 0) is 13.1 Å².